The molecule has 3 rings (SSSR count). The number of urea groups is 1. The minimum absolute atomic E-state index is 0.195. The predicted octanol–water partition coefficient (Wildman–Crippen LogP) is 3.46. The molecule has 1 aromatic rings. The Morgan fingerprint density at radius 2 is 1.78 bits per heavy atom. The molecule has 6 nitrogen and oxygen atoms in total. The maximum absolute atomic E-state index is 12.9. The summed E-state index contributed by atoms with van der Waals surface area (Å²) in [6.45, 7) is 8.35. The molecule has 4 amide bonds. The van der Waals surface area contributed by atoms with Gasteiger partial charge in [0.25, 0.3) is 5.91 Å². The van der Waals surface area contributed by atoms with Crippen molar-refractivity contribution >= 4 is 23.5 Å². The van der Waals surface area contributed by atoms with Gasteiger partial charge in [-0.25, -0.2) is 4.79 Å². The first-order valence-corrected chi connectivity index (χ1v) is 9.61. The van der Waals surface area contributed by atoms with Crippen LogP contribution in [0, 0.1) is 18.3 Å². The molecule has 6 heteroatoms. The Labute approximate surface area is 160 Å². The van der Waals surface area contributed by atoms with Crippen LogP contribution in [0.4, 0.5) is 10.5 Å². The van der Waals surface area contributed by atoms with Crippen LogP contribution < -0.4 is 10.6 Å². The molecule has 0 bridgehead atoms. The summed E-state index contributed by atoms with van der Waals surface area (Å²) in [6.07, 6.45) is 3.07. The minimum atomic E-state index is -0.830. The van der Waals surface area contributed by atoms with Gasteiger partial charge in [-0.05, 0) is 56.1 Å². The van der Waals surface area contributed by atoms with Crippen LogP contribution >= 0.6 is 0 Å². The average Bonchev–Trinajstić information content (AvgIpc) is 2.81. The van der Waals surface area contributed by atoms with E-state index in [-0.39, 0.29) is 23.8 Å². The Morgan fingerprint density at radius 1 is 1.19 bits per heavy atom. The molecule has 0 unspecified atom stereocenters. The Kier molecular flexibility index (Phi) is 5.02. The molecular formula is C21H29N3O3. The highest BCUT2D eigenvalue weighted by molar-refractivity contribution is 6.10. The Balaban J connectivity index is 1.63. The lowest BCUT2D eigenvalue weighted by Crippen LogP contribution is -2.50. The largest absolute Gasteiger partial charge is 0.325 e. The molecule has 1 saturated heterocycles. The van der Waals surface area contributed by atoms with Crippen LogP contribution in [-0.2, 0) is 9.59 Å². The van der Waals surface area contributed by atoms with Crippen LogP contribution in [0.15, 0.2) is 24.3 Å². The molecule has 0 radical (unpaired) electrons. The van der Waals surface area contributed by atoms with Gasteiger partial charge >= 0.3 is 6.03 Å². The van der Waals surface area contributed by atoms with Gasteiger partial charge in [-0.3, -0.25) is 14.5 Å². The first-order chi connectivity index (χ1) is 12.6. The zero-order chi connectivity index (χ0) is 19.8. The first-order valence-electron chi connectivity index (χ1n) is 9.61. The SMILES string of the molecule is Cc1ccc(NC(=O)CN2C(=O)NC3(CCC(C(C)(C)C)CC3)C2=O)cc1. The molecule has 1 heterocycles. The summed E-state index contributed by atoms with van der Waals surface area (Å²) in [5.74, 6) is -0.103. The van der Waals surface area contributed by atoms with E-state index in [9.17, 15) is 14.4 Å². The van der Waals surface area contributed by atoms with Gasteiger partial charge in [0.1, 0.15) is 12.1 Å². The first kappa shape index (κ1) is 19.4. The highest BCUT2D eigenvalue weighted by atomic mass is 16.2. The summed E-state index contributed by atoms with van der Waals surface area (Å²) >= 11 is 0. The summed E-state index contributed by atoms with van der Waals surface area (Å²) in [5.41, 5.74) is 1.11. The number of nitrogens with zero attached hydrogens (tertiary/aromatic N) is 1. The molecule has 1 aliphatic heterocycles. The number of carbonyl (C=O) groups excluding carboxylic acids is 3. The topological polar surface area (TPSA) is 78.5 Å². The predicted molar refractivity (Wildman–Crippen MR) is 104 cm³/mol. The van der Waals surface area contributed by atoms with Gasteiger partial charge in [0.2, 0.25) is 5.91 Å². The van der Waals surface area contributed by atoms with E-state index in [0.29, 0.717) is 24.4 Å². The van der Waals surface area contributed by atoms with E-state index in [1.54, 1.807) is 12.1 Å². The quantitative estimate of drug-likeness (QED) is 0.799. The lowest BCUT2D eigenvalue weighted by molar-refractivity contribution is -0.135. The number of imide groups is 1. The van der Waals surface area contributed by atoms with Crippen molar-refractivity contribution in [2.45, 2.75) is 58.9 Å². The highest BCUT2D eigenvalue weighted by Crippen LogP contribution is 2.43. The molecule has 0 atom stereocenters. The van der Waals surface area contributed by atoms with Crippen molar-refractivity contribution in [3.8, 4) is 0 Å². The third kappa shape index (κ3) is 3.99. The van der Waals surface area contributed by atoms with Crippen molar-refractivity contribution in [3.63, 3.8) is 0 Å². The van der Waals surface area contributed by atoms with Crippen LogP contribution in [0.25, 0.3) is 0 Å². The maximum Gasteiger partial charge on any atom is 0.325 e. The number of aryl methyl sites for hydroxylation is 1. The standard InChI is InChI=1S/C21H29N3O3/c1-14-5-7-16(8-6-14)22-17(25)13-24-18(26)21(23-19(24)27)11-9-15(10-12-21)20(2,3)4/h5-8,15H,9-13H2,1-4H3,(H,22,25)(H,23,27). The highest BCUT2D eigenvalue weighted by Gasteiger charge is 2.53. The van der Waals surface area contributed by atoms with Gasteiger partial charge in [-0.15, -0.1) is 0 Å². The van der Waals surface area contributed by atoms with Gasteiger partial charge in [0, 0.05) is 5.69 Å². The molecule has 2 aliphatic rings. The second-order valence-electron chi connectivity index (χ2n) is 8.96. The summed E-state index contributed by atoms with van der Waals surface area (Å²) < 4.78 is 0. The Hall–Kier alpha value is -2.37. The van der Waals surface area contributed by atoms with Crippen molar-refractivity contribution < 1.29 is 14.4 Å². The fourth-order valence-corrected chi connectivity index (χ4v) is 4.12. The normalized spacial score (nSPS) is 25.6. The number of benzene rings is 1. The molecule has 1 saturated carbocycles. The number of hydrogen-bond donors (Lipinski definition) is 2. The third-order valence-corrected chi connectivity index (χ3v) is 5.95. The molecule has 1 aliphatic carbocycles. The number of hydrogen-bond acceptors (Lipinski definition) is 3. The van der Waals surface area contributed by atoms with Crippen LogP contribution in [0.1, 0.15) is 52.0 Å². The van der Waals surface area contributed by atoms with Gasteiger partial charge in [-0.1, -0.05) is 38.5 Å². The van der Waals surface area contributed by atoms with Gasteiger partial charge in [0.15, 0.2) is 0 Å². The fourth-order valence-electron chi connectivity index (χ4n) is 4.12. The molecule has 146 valence electrons. The van der Waals surface area contributed by atoms with Gasteiger partial charge in [0.05, 0.1) is 0 Å². The third-order valence-electron chi connectivity index (χ3n) is 5.95. The molecule has 1 aromatic carbocycles. The van der Waals surface area contributed by atoms with Crippen molar-refractivity contribution in [1.82, 2.24) is 10.2 Å². The van der Waals surface area contributed by atoms with E-state index >= 15 is 0 Å². The number of rotatable bonds is 3. The second-order valence-corrected chi connectivity index (χ2v) is 8.96. The summed E-state index contributed by atoms with van der Waals surface area (Å²) in [4.78, 5) is 38.7. The monoisotopic (exact) mass is 371 g/mol. The van der Waals surface area contributed by atoms with E-state index in [4.69, 9.17) is 0 Å². The molecule has 27 heavy (non-hydrogen) atoms. The number of anilines is 1. The van der Waals surface area contributed by atoms with E-state index in [1.165, 1.54) is 0 Å². The second kappa shape index (κ2) is 6.98. The summed E-state index contributed by atoms with van der Waals surface area (Å²) in [6, 6.07) is 6.93. The van der Waals surface area contributed by atoms with E-state index in [0.717, 1.165) is 23.3 Å². The summed E-state index contributed by atoms with van der Waals surface area (Å²) in [7, 11) is 0. The maximum atomic E-state index is 12.9. The lowest BCUT2D eigenvalue weighted by Gasteiger charge is -2.40. The van der Waals surface area contributed by atoms with Crippen LogP contribution in [0.5, 0.6) is 0 Å². The van der Waals surface area contributed by atoms with Gasteiger partial charge < -0.3 is 10.6 Å². The Morgan fingerprint density at radius 3 is 2.33 bits per heavy atom. The smallest absolute Gasteiger partial charge is 0.325 e. The number of amides is 4. The summed E-state index contributed by atoms with van der Waals surface area (Å²) in [5, 5.41) is 5.62. The van der Waals surface area contributed by atoms with E-state index in [2.05, 4.69) is 31.4 Å². The average molecular weight is 371 g/mol. The lowest BCUT2D eigenvalue weighted by atomic mass is 9.67. The molecule has 2 fully saturated rings. The van der Waals surface area contributed by atoms with Crippen molar-refractivity contribution in [2.75, 3.05) is 11.9 Å². The molecule has 0 aromatic heterocycles. The van der Waals surface area contributed by atoms with Crippen molar-refractivity contribution in [2.24, 2.45) is 11.3 Å². The van der Waals surface area contributed by atoms with Crippen molar-refractivity contribution in [1.29, 1.82) is 0 Å². The van der Waals surface area contributed by atoms with Crippen LogP contribution in [0.2, 0.25) is 0 Å². The van der Waals surface area contributed by atoms with Crippen LogP contribution in [-0.4, -0.2) is 34.8 Å². The minimum Gasteiger partial charge on any atom is -0.325 e. The van der Waals surface area contributed by atoms with Gasteiger partial charge in [-0.2, -0.15) is 0 Å². The molecule has 2 N–H and O–H groups in total. The van der Waals surface area contributed by atoms with Crippen LogP contribution in [0.3, 0.4) is 0 Å². The number of nitrogens with one attached hydrogen (secondary N) is 2. The zero-order valence-electron chi connectivity index (χ0n) is 16.6. The van der Waals surface area contributed by atoms with E-state index < -0.39 is 11.6 Å². The molecular weight excluding hydrogens is 342 g/mol. The molecule has 1 spiro atoms. The fraction of sp³-hybridized carbons (Fsp3) is 0.571. The zero-order valence-corrected chi connectivity index (χ0v) is 16.6. The number of carbonyl (C=O) groups is 3. The van der Waals surface area contributed by atoms with E-state index in [1.807, 2.05) is 19.1 Å². The van der Waals surface area contributed by atoms with Crippen molar-refractivity contribution in [3.05, 3.63) is 29.8 Å². The Bertz CT molecular complexity index is 741.